The van der Waals surface area contributed by atoms with E-state index in [4.69, 9.17) is 11.6 Å². The Morgan fingerprint density at radius 3 is 2.50 bits per heavy atom. The summed E-state index contributed by atoms with van der Waals surface area (Å²) in [6.07, 6.45) is 3.16. The van der Waals surface area contributed by atoms with Gasteiger partial charge in [0.15, 0.2) is 0 Å². The zero-order chi connectivity index (χ0) is 14.1. The first-order valence-corrected chi connectivity index (χ1v) is 6.69. The molecule has 2 atom stereocenters. The first-order valence-electron chi connectivity index (χ1n) is 6.31. The van der Waals surface area contributed by atoms with Crippen LogP contribution in [0.4, 0.5) is 10.3 Å². The molecule has 6 heteroatoms. The maximum absolute atomic E-state index is 13.0. The van der Waals surface area contributed by atoms with E-state index in [1.807, 2.05) is 4.90 Å². The molecule has 1 aliphatic heterocycles. The predicted molar refractivity (Wildman–Crippen MR) is 74.2 cm³/mol. The van der Waals surface area contributed by atoms with Gasteiger partial charge in [-0.05, 0) is 24.1 Å². The number of anilines is 1. The number of aromatic nitrogens is 2. The number of hydrogen-bond acceptors (Lipinski definition) is 4. The molecule has 1 aromatic heterocycles. The van der Waals surface area contributed by atoms with Crippen LogP contribution in [0.1, 0.15) is 18.0 Å². The third-order valence-electron chi connectivity index (χ3n) is 3.40. The molecule has 1 aliphatic rings. The van der Waals surface area contributed by atoms with Gasteiger partial charge in [0.1, 0.15) is 5.82 Å². The minimum atomic E-state index is -0.454. The van der Waals surface area contributed by atoms with Crippen LogP contribution in [0.2, 0.25) is 5.02 Å². The number of hydrogen-bond donors (Lipinski definition) is 1. The van der Waals surface area contributed by atoms with Crippen molar-refractivity contribution in [3.8, 4) is 0 Å². The zero-order valence-corrected chi connectivity index (χ0v) is 11.3. The summed E-state index contributed by atoms with van der Waals surface area (Å²) in [6.45, 7) is 0.448. The van der Waals surface area contributed by atoms with Crippen molar-refractivity contribution >= 4 is 17.5 Å². The topological polar surface area (TPSA) is 49.2 Å². The lowest BCUT2D eigenvalue weighted by Gasteiger charge is -2.24. The van der Waals surface area contributed by atoms with Crippen LogP contribution in [0.25, 0.3) is 0 Å². The molecule has 1 aromatic carbocycles. The number of aliphatic hydroxyl groups is 1. The molecule has 2 unspecified atom stereocenters. The van der Waals surface area contributed by atoms with E-state index in [0.29, 0.717) is 23.9 Å². The summed E-state index contributed by atoms with van der Waals surface area (Å²) in [4.78, 5) is 10.3. The van der Waals surface area contributed by atoms with Crippen molar-refractivity contribution < 1.29 is 9.50 Å². The smallest absolute Gasteiger partial charge is 0.225 e. The molecule has 20 heavy (non-hydrogen) atoms. The van der Waals surface area contributed by atoms with Crippen molar-refractivity contribution in [3.63, 3.8) is 0 Å². The summed E-state index contributed by atoms with van der Waals surface area (Å²) in [7, 11) is 0. The van der Waals surface area contributed by atoms with Gasteiger partial charge in [-0.2, -0.15) is 0 Å². The van der Waals surface area contributed by atoms with Gasteiger partial charge in [-0.15, -0.1) is 0 Å². The Kier molecular flexibility index (Phi) is 3.54. The summed E-state index contributed by atoms with van der Waals surface area (Å²) < 4.78 is 13.0. The highest BCUT2D eigenvalue weighted by Gasteiger charge is 2.33. The van der Waals surface area contributed by atoms with Crippen LogP contribution in [-0.4, -0.2) is 27.7 Å². The number of β-amino-alcohol motifs (C(OH)–C–C–N with tert-alkyl or cyclic N) is 1. The second kappa shape index (κ2) is 5.34. The minimum Gasteiger partial charge on any atom is -0.391 e. The molecule has 2 heterocycles. The van der Waals surface area contributed by atoms with Gasteiger partial charge >= 0.3 is 0 Å². The molecule has 4 nitrogen and oxygen atoms in total. The van der Waals surface area contributed by atoms with Gasteiger partial charge in [-0.1, -0.05) is 23.7 Å². The Balaban J connectivity index is 1.92. The highest BCUT2D eigenvalue weighted by Crippen LogP contribution is 2.34. The van der Waals surface area contributed by atoms with Crippen molar-refractivity contribution in [1.82, 2.24) is 9.97 Å². The third-order valence-corrected chi connectivity index (χ3v) is 3.59. The van der Waals surface area contributed by atoms with Gasteiger partial charge in [0.2, 0.25) is 5.95 Å². The summed E-state index contributed by atoms with van der Waals surface area (Å²) in [5.41, 5.74) is 0.932. The van der Waals surface area contributed by atoms with E-state index in [-0.39, 0.29) is 11.9 Å². The number of rotatable bonds is 2. The molecule has 2 aromatic rings. The van der Waals surface area contributed by atoms with Crippen LogP contribution >= 0.6 is 11.6 Å². The van der Waals surface area contributed by atoms with E-state index in [2.05, 4.69) is 9.97 Å². The monoisotopic (exact) mass is 293 g/mol. The van der Waals surface area contributed by atoms with E-state index in [0.717, 1.165) is 5.56 Å². The minimum absolute atomic E-state index is 0.0632. The van der Waals surface area contributed by atoms with Crippen molar-refractivity contribution in [2.45, 2.75) is 18.6 Å². The van der Waals surface area contributed by atoms with Crippen molar-refractivity contribution in [1.29, 1.82) is 0 Å². The SMILES string of the molecule is OC1CC(c2ccc(F)cc2)N(c2ncc(Cl)cn2)C1. The second-order valence-corrected chi connectivity index (χ2v) is 5.25. The van der Waals surface area contributed by atoms with E-state index >= 15 is 0 Å². The highest BCUT2D eigenvalue weighted by atomic mass is 35.5. The molecule has 0 amide bonds. The standard InChI is InChI=1S/C14H13ClFN3O/c15-10-6-17-14(18-7-10)19-8-12(20)5-13(19)9-1-3-11(16)4-2-9/h1-4,6-7,12-13,20H,5,8H2. The van der Waals surface area contributed by atoms with Gasteiger partial charge < -0.3 is 10.0 Å². The van der Waals surface area contributed by atoms with Crippen LogP contribution < -0.4 is 4.90 Å². The first kappa shape index (κ1) is 13.3. The predicted octanol–water partition coefficient (Wildman–Crippen LogP) is 2.58. The maximum Gasteiger partial charge on any atom is 0.225 e. The fourth-order valence-electron chi connectivity index (χ4n) is 2.49. The highest BCUT2D eigenvalue weighted by molar-refractivity contribution is 6.30. The lowest BCUT2D eigenvalue weighted by Crippen LogP contribution is -2.26. The Bertz CT molecular complexity index is 537. The molecule has 1 saturated heterocycles. The molecule has 1 fully saturated rings. The van der Waals surface area contributed by atoms with Crippen LogP contribution in [0.15, 0.2) is 36.7 Å². The Labute approximate surface area is 120 Å². The van der Waals surface area contributed by atoms with Crippen LogP contribution in [0, 0.1) is 5.82 Å². The average Bonchev–Trinajstić information content (AvgIpc) is 2.82. The fourth-order valence-corrected chi connectivity index (χ4v) is 2.59. The molecule has 0 radical (unpaired) electrons. The second-order valence-electron chi connectivity index (χ2n) is 4.81. The van der Waals surface area contributed by atoms with Crippen molar-refractivity contribution in [2.75, 3.05) is 11.4 Å². The van der Waals surface area contributed by atoms with Gasteiger partial charge in [-0.25, -0.2) is 14.4 Å². The molecular weight excluding hydrogens is 281 g/mol. The Morgan fingerprint density at radius 2 is 1.85 bits per heavy atom. The lowest BCUT2D eigenvalue weighted by atomic mass is 10.0. The van der Waals surface area contributed by atoms with Gasteiger partial charge in [0.25, 0.3) is 0 Å². The van der Waals surface area contributed by atoms with E-state index in [9.17, 15) is 9.50 Å². The van der Waals surface area contributed by atoms with E-state index in [1.165, 1.54) is 24.5 Å². The number of benzene rings is 1. The van der Waals surface area contributed by atoms with Crippen LogP contribution in [-0.2, 0) is 0 Å². The number of aliphatic hydroxyl groups excluding tert-OH is 1. The van der Waals surface area contributed by atoms with Gasteiger partial charge in [0.05, 0.1) is 29.6 Å². The molecule has 0 bridgehead atoms. The molecule has 0 aliphatic carbocycles. The largest absolute Gasteiger partial charge is 0.391 e. The summed E-state index contributed by atoms with van der Waals surface area (Å²) in [6, 6.07) is 6.22. The average molecular weight is 294 g/mol. The van der Waals surface area contributed by atoms with Crippen molar-refractivity contribution in [3.05, 3.63) is 53.1 Å². The summed E-state index contributed by atoms with van der Waals surface area (Å²) in [5.74, 6) is 0.238. The van der Waals surface area contributed by atoms with E-state index < -0.39 is 6.10 Å². The molecule has 0 spiro atoms. The Hall–Kier alpha value is -1.72. The molecule has 0 saturated carbocycles. The van der Waals surface area contributed by atoms with Crippen LogP contribution in [0.3, 0.4) is 0 Å². The maximum atomic E-state index is 13.0. The number of halogens is 2. The number of nitrogens with zero attached hydrogens (tertiary/aromatic N) is 3. The van der Waals surface area contributed by atoms with Crippen LogP contribution in [0.5, 0.6) is 0 Å². The normalized spacial score (nSPS) is 22.2. The quantitative estimate of drug-likeness (QED) is 0.924. The molecular formula is C14H13ClFN3O. The van der Waals surface area contributed by atoms with Gasteiger partial charge in [0, 0.05) is 6.54 Å². The summed E-state index contributed by atoms with van der Waals surface area (Å²) in [5, 5.41) is 10.4. The lowest BCUT2D eigenvalue weighted by molar-refractivity contribution is 0.194. The third kappa shape index (κ3) is 2.59. The first-order chi connectivity index (χ1) is 9.63. The molecule has 104 valence electrons. The fraction of sp³-hybridized carbons (Fsp3) is 0.286. The van der Waals surface area contributed by atoms with E-state index in [1.54, 1.807) is 12.1 Å². The van der Waals surface area contributed by atoms with Gasteiger partial charge in [-0.3, -0.25) is 0 Å². The Morgan fingerprint density at radius 1 is 1.20 bits per heavy atom. The zero-order valence-electron chi connectivity index (χ0n) is 10.6. The summed E-state index contributed by atoms with van der Waals surface area (Å²) >= 11 is 5.78. The molecule has 3 rings (SSSR count). The van der Waals surface area contributed by atoms with Crippen molar-refractivity contribution in [2.24, 2.45) is 0 Å². The molecule has 1 N–H and O–H groups in total.